The van der Waals surface area contributed by atoms with Crippen molar-refractivity contribution in [3.8, 4) is 0 Å². The van der Waals surface area contributed by atoms with E-state index in [0.29, 0.717) is 11.3 Å². The smallest absolute Gasteiger partial charge is 0.158 e. The first-order valence-electron chi connectivity index (χ1n) is 5.28. The standard InChI is InChI=1S/C12H20OSi/c1-5-6-10-7-8-11(9-12(10)13)14(2,3)4/h5,7,11H,1,6,8-9H2,2-4H3/t11-/m1/s1. The largest absolute Gasteiger partial charge is 0.295 e. The van der Waals surface area contributed by atoms with Gasteiger partial charge in [0.1, 0.15) is 0 Å². The molecule has 0 fully saturated rings. The molecule has 0 bridgehead atoms. The molecule has 0 aliphatic heterocycles. The maximum atomic E-state index is 11.7. The molecule has 0 N–H and O–H groups in total. The zero-order valence-corrected chi connectivity index (χ0v) is 10.5. The highest BCUT2D eigenvalue weighted by Crippen LogP contribution is 2.35. The molecular weight excluding hydrogens is 188 g/mol. The third-order valence-electron chi connectivity index (χ3n) is 3.03. The summed E-state index contributed by atoms with van der Waals surface area (Å²) in [7, 11) is -1.14. The van der Waals surface area contributed by atoms with Crippen molar-refractivity contribution in [1.82, 2.24) is 0 Å². The fraction of sp³-hybridized carbons (Fsp3) is 0.583. The molecule has 1 rings (SSSR count). The van der Waals surface area contributed by atoms with Gasteiger partial charge in [0.15, 0.2) is 5.78 Å². The van der Waals surface area contributed by atoms with E-state index in [0.717, 1.165) is 24.8 Å². The average molecular weight is 208 g/mol. The second-order valence-corrected chi connectivity index (χ2v) is 10.7. The van der Waals surface area contributed by atoms with E-state index in [1.807, 2.05) is 6.08 Å². The Kier molecular flexibility index (Phi) is 3.48. The summed E-state index contributed by atoms with van der Waals surface area (Å²) in [6.07, 6.45) is 6.58. The first kappa shape index (κ1) is 11.4. The van der Waals surface area contributed by atoms with Gasteiger partial charge in [0.2, 0.25) is 0 Å². The van der Waals surface area contributed by atoms with Gasteiger partial charge >= 0.3 is 0 Å². The Morgan fingerprint density at radius 2 is 2.21 bits per heavy atom. The van der Waals surface area contributed by atoms with Crippen molar-refractivity contribution in [2.24, 2.45) is 0 Å². The third-order valence-corrected chi connectivity index (χ3v) is 5.92. The molecule has 1 nitrogen and oxygen atoms in total. The fourth-order valence-corrected chi connectivity index (χ4v) is 3.47. The molecule has 0 aromatic heterocycles. The summed E-state index contributed by atoms with van der Waals surface area (Å²) in [4.78, 5) is 11.7. The maximum absolute atomic E-state index is 11.7. The third kappa shape index (κ3) is 2.68. The Balaban J connectivity index is 2.71. The van der Waals surface area contributed by atoms with Crippen molar-refractivity contribution in [1.29, 1.82) is 0 Å². The van der Waals surface area contributed by atoms with Crippen LogP contribution in [0.3, 0.4) is 0 Å². The van der Waals surface area contributed by atoms with Gasteiger partial charge in [-0.2, -0.15) is 0 Å². The molecule has 1 atom stereocenters. The fourth-order valence-electron chi connectivity index (χ4n) is 1.85. The summed E-state index contributed by atoms with van der Waals surface area (Å²) < 4.78 is 0. The topological polar surface area (TPSA) is 17.1 Å². The summed E-state index contributed by atoms with van der Waals surface area (Å²) in [5.74, 6) is 0.351. The second-order valence-electron chi connectivity index (χ2n) is 5.15. The normalized spacial score (nSPS) is 23.2. The molecule has 0 unspecified atom stereocenters. The van der Waals surface area contributed by atoms with Gasteiger partial charge in [-0.15, -0.1) is 6.58 Å². The Morgan fingerprint density at radius 1 is 1.57 bits per heavy atom. The maximum Gasteiger partial charge on any atom is 0.158 e. The lowest BCUT2D eigenvalue weighted by atomic mass is 9.95. The molecule has 14 heavy (non-hydrogen) atoms. The lowest BCUT2D eigenvalue weighted by Crippen LogP contribution is -2.31. The molecule has 0 heterocycles. The van der Waals surface area contributed by atoms with Crippen molar-refractivity contribution < 1.29 is 4.79 Å². The van der Waals surface area contributed by atoms with Crippen LogP contribution in [0.25, 0.3) is 0 Å². The van der Waals surface area contributed by atoms with Crippen molar-refractivity contribution in [3.05, 3.63) is 24.3 Å². The van der Waals surface area contributed by atoms with Crippen molar-refractivity contribution >= 4 is 13.9 Å². The summed E-state index contributed by atoms with van der Waals surface area (Å²) in [5.41, 5.74) is 1.62. The molecule has 78 valence electrons. The van der Waals surface area contributed by atoms with Gasteiger partial charge in [0, 0.05) is 14.5 Å². The Labute approximate surface area is 87.9 Å². The van der Waals surface area contributed by atoms with E-state index < -0.39 is 8.07 Å². The minimum atomic E-state index is -1.14. The van der Waals surface area contributed by atoms with Gasteiger partial charge in [-0.3, -0.25) is 4.79 Å². The molecular formula is C12H20OSi. The number of allylic oxidation sites excluding steroid dienone is 3. The van der Waals surface area contributed by atoms with Gasteiger partial charge in [0.05, 0.1) is 0 Å². The quantitative estimate of drug-likeness (QED) is 0.512. The van der Waals surface area contributed by atoms with Crippen LogP contribution in [-0.2, 0) is 4.79 Å². The number of hydrogen-bond donors (Lipinski definition) is 0. The van der Waals surface area contributed by atoms with Gasteiger partial charge in [0.25, 0.3) is 0 Å². The number of carbonyl (C=O) groups is 1. The zero-order valence-electron chi connectivity index (χ0n) is 9.47. The predicted molar refractivity (Wildman–Crippen MR) is 64.2 cm³/mol. The van der Waals surface area contributed by atoms with E-state index in [1.165, 1.54) is 0 Å². The highest BCUT2D eigenvalue weighted by molar-refractivity contribution is 6.77. The van der Waals surface area contributed by atoms with E-state index in [9.17, 15) is 4.79 Å². The van der Waals surface area contributed by atoms with Gasteiger partial charge in [-0.05, 0) is 24.0 Å². The average Bonchev–Trinajstić information content (AvgIpc) is 2.07. The van der Waals surface area contributed by atoms with Crippen LogP contribution < -0.4 is 0 Å². The molecule has 0 radical (unpaired) electrons. The van der Waals surface area contributed by atoms with Crippen LogP contribution in [0.1, 0.15) is 19.3 Å². The Morgan fingerprint density at radius 3 is 2.64 bits per heavy atom. The van der Waals surface area contributed by atoms with Crippen molar-refractivity contribution in [2.75, 3.05) is 0 Å². The summed E-state index contributed by atoms with van der Waals surface area (Å²) in [5, 5.41) is 0. The van der Waals surface area contributed by atoms with E-state index in [1.54, 1.807) is 0 Å². The monoisotopic (exact) mass is 208 g/mol. The molecule has 0 aromatic rings. The molecule has 0 saturated carbocycles. The number of Topliss-reactive ketones (excluding diaryl/α,β-unsaturated/α-hetero) is 1. The van der Waals surface area contributed by atoms with Crippen LogP contribution in [0.4, 0.5) is 0 Å². The number of carbonyl (C=O) groups excluding carboxylic acids is 1. The molecule has 0 amide bonds. The highest BCUT2D eigenvalue weighted by atomic mass is 28.3. The first-order valence-corrected chi connectivity index (χ1v) is 8.86. The summed E-state index contributed by atoms with van der Waals surface area (Å²) in [6, 6.07) is 0. The lowest BCUT2D eigenvalue weighted by Gasteiger charge is -2.30. The van der Waals surface area contributed by atoms with Gasteiger partial charge in [-0.25, -0.2) is 0 Å². The highest BCUT2D eigenvalue weighted by Gasteiger charge is 2.31. The number of hydrogen-bond acceptors (Lipinski definition) is 1. The van der Waals surface area contributed by atoms with Crippen LogP contribution in [0.5, 0.6) is 0 Å². The second kappa shape index (κ2) is 4.26. The molecule has 0 saturated heterocycles. The van der Waals surface area contributed by atoms with E-state index >= 15 is 0 Å². The van der Waals surface area contributed by atoms with Crippen molar-refractivity contribution in [3.63, 3.8) is 0 Å². The molecule has 0 spiro atoms. The van der Waals surface area contributed by atoms with Gasteiger partial charge < -0.3 is 0 Å². The summed E-state index contributed by atoms with van der Waals surface area (Å²) in [6.45, 7) is 10.7. The predicted octanol–water partition coefficient (Wildman–Crippen LogP) is 3.56. The minimum Gasteiger partial charge on any atom is -0.295 e. The van der Waals surface area contributed by atoms with E-state index in [-0.39, 0.29) is 0 Å². The van der Waals surface area contributed by atoms with Crippen LogP contribution in [0.2, 0.25) is 25.2 Å². The lowest BCUT2D eigenvalue weighted by molar-refractivity contribution is -0.116. The Bertz CT molecular complexity index is 271. The molecule has 1 aliphatic rings. The SMILES string of the molecule is C=CCC1=CC[C@@H]([Si](C)(C)C)CC1=O. The minimum absolute atomic E-state index is 0.351. The van der Waals surface area contributed by atoms with Gasteiger partial charge in [-0.1, -0.05) is 31.8 Å². The molecule has 2 heteroatoms. The van der Waals surface area contributed by atoms with E-state index in [4.69, 9.17) is 0 Å². The molecule has 0 aromatic carbocycles. The van der Waals surface area contributed by atoms with E-state index in [2.05, 4.69) is 32.3 Å². The summed E-state index contributed by atoms with van der Waals surface area (Å²) >= 11 is 0. The zero-order chi connectivity index (χ0) is 10.8. The number of ketones is 1. The van der Waals surface area contributed by atoms with Crippen LogP contribution in [0.15, 0.2) is 24.3 Å². The Hall–Kier alpha value is -0.633. The van der Waals surface area contributed by atoms with Crippen LogP contribution >= 0.6 is 0 Å². The first-order chi connectivity index (χ1) is 6.45. The van der Waals surface area contributed by atoms with Crippen LogP contribution in [-0.4, -0.2) is 13.9 Å². The van der Waals surface area contributed by atoms with Crippen LogP contribution in [0, 0.1) is 0 Å². The molecule has 1 aliphatic carbocycles. The number of rotatable bonds is 3. The van der Waals surface area contributed by atoms with Crippen molar-refractivity contribution in [2.45, 2.75) is 44.4 Å².